The summed E-state index contributed by atoms with van der Waals surface area (Å²) in [4.78, 5) is 16.4. The summed E-state index contributed by atoms with van der Waals surface area (Å²) in [6.07, 6.45) is 1.78. The van der Waals surface area contributed by atoms with Gasteiger partial charge in [-0.2, -0.15) is 0 Å². The maximum Gasteiger partial charge on any atom is 0.335 e. The zero-order valence-corrected chi connectivity index (χ0v) is 12.7. The normalized spacial score (nSPS) is 10.6. The number of carboxylic acid groups (broad SMARTS) is 1. The van der Waals surface area contributed by atoms with Gasteiger partial charge in [0.05, 0.1) is 16.0 Å². The average Bonchev–Trinajstić information content (AvgIpc) is 2.53. The number of pyridine rings is 1. The smallest absolute Gasteiger partial charge is 0.335 e. The Kier molecular flexibility index (Phi) is 3.98. The summed E-state index contributed by atoms with van der Waals surface area (Å²) >= 11 is 1.47. The number of hydrogen-bond donors (Lipinski definition) is 2. The van der Waals surface area contributed by atoms with Crippen molar-refractivity contribution in [2.75, 3.05) is 4.72 Å². The molecule has 4 nitrogen and oxygen atoms in total. The molecule has 0 atom stereocenters. The molecule has 1 aromatic heterocycles. The second-order valence-electron chi connectivity index (χ2n) is 4.87. The third kappa shape index (κ3) is 2.89. The lowest BCUT2D eigenvalue weighted by Crippen LogP contribution is -1.98. The van der Waals surface area contributed by atoms with Crippen LogP contribution in [0.1, 0.15) is 15.9 Å². The standard InChI is InChI=1S/C17H14N2O2S/c1-11-10-13(17(20)21)7-8-14(11)19-22-15-6-2-4-12-5-3-9-18-16(12)15/h2-10,19H,1H3,(H,20,21). The van der Waals surface area contributed by atoms with E-state index in [1.807, 2.05) is 37.3 Å². The van der Waals surface area contributed by atoms with E-state index in [9.17, 15) is 4.79 Å². The molecule has 0 saturated heterocycles. The van der Waals surface area contributed by atoms with Crippen LogP contribution in [-0.2, 0) is 0 Å². The van der Waals surface area contributed by atoms with Crippen molar-refractivity contribution in [2.45, 2.75) is 11.8 Å². The fourth-order valence-corrected chi connectivity index (χ4v) is 3.04. The van der Waals surface area contributed by atoms with Gasteiger partial charge in [0.2, 0.25) is 0 Å². The summed E-state index contributed by atoms with van der Waals surface area (Å²) in [5, 5.41) is 10.1. The van der Waals surface area contributed by atoms with Crippen LogP contribution in [0.5, 0.6) is 0 Å². The third-order valence-electron chi connectivity index (χ3n) is 3.34. The van der Waals surface area contributed by atoms with Gasteiger partial charge in [0.25, 0.3) is 0 Å². The molecule has 0 saturated carbocycles. The van der Waals surface area contributed by atoms with Gasteiger partial charge in [-0.1, -0.05) is 18.2 Å². The number of para-hydroxylation sites is 1. The van der Waals surface area contributed by atoms with Gasteiger partial charge in [-0.25, -0.2) is 4.79 Å². The van der Waals surface area contributed by atoms with Crippen molar-refractivity contribution in [2.24, 2.45) is 0 Å². The Labute approximate surface area is 132 Å². The van der Waals surface area contributed by atoms with E-state index < -0.39 is 5.97 Å². The summed E-state index contributed by atoms with van der Waals surface area (Å²) in [5.41, 5.74) is 3.02. The predicted octanol–water partition coefficient (Wildman–Crippen LogP) is 4.36. The largest absolute Gasteiger partial charge is 0.478 e. The van der Waals surface area contributed by atoms with Crippen molar-refractivity contribution in [1.82, 2.24) is 4.98 Å². The molecule has 0 radical (unpaired) electrons. The third-order valence-corrected chi connectivity index (χ3v) is 4.21. The van der Waals surface area contributed by atoms with Gasteiger partial charge in [0.1, 0.15) is 0 Å². The van der Waals surface area contributed by atoms with E-state index in [1.54, 1.807) is 24.4 Å². The highest BCUT2D eigenvalue weighted by Crippen LogP contribution is 2.28. The predicted molar refractivity (Wildman–Crippen MR) is 89.4 cm³/mol. The van der Waals surface area contributed by atoms with Crippen LogP contribution in [0, 0.1) is 6.92 Å². The van der Waals surface area contributed by atoms with Crippen molar-refractivity contribution < 1.29 is 9.90 Å². The lowest BCUT2D eigenvalue weighted by molar-refractivity contribution is 0.0697. The zero-order chi connectivity index (χ0) is 15.5. The van der Waals surface area contributed by atoms with Gasteiger partial charge >= 0.3 is 5.97 Å². The molecule has 110 valence electrons. The molecule has 22 heavy (non-hydrogen) atoms. The molecular weight excluding hydrogens is 296 g/mol. The number of fused-ring (bicyclic) bond motifs is 1. The Morgan fingerprint density at radius 3 is 2.77 bits per heavy atom. The molecule has 0 unspecified atom stereocenters. The molecule has 3 rings (SSSR count). The van der Waals surface area contributed by atoms with Crippen molar-refractivity contribution >= 4 is 34.5 Å². The quantitative estimate of drug-likeness (QED) is 0.701. The highest BCUT2D eigenvalue weighted by Gasteiger charge is 2.07. The first-order chi connectivity index (χ1) is 10.6. The molecule has 0 aliphatic heterocycles. The SMILES string of the molecule is Cc1cc(C(=O)O)ccc1NSc1cccc2cccnc12. The number of aromatic nitrogens is 1. The Morgan fingerprint density at radius 2 is 2.00 bits per heavy atom. The number of rotatable bonds is 4. The Balaban J connectivity index is 1.84. The monoisotopic (exact) mass is 310 g/mol. The number of anilines is 1. The molecule has 0 spiro atoms. The van der Waals surface area contributed by atoms with Crippen molar-refractivity contribution in [3.63, 3.8) is 0 Å². The molecule has 0 amide bonds. The summed E-state index contributed by atoms with van der Waals surface area (Å²) in [7, 11) is 0. The molecule has 0 fully saturated rings. The van der Waals surface area contributed by atoms with E-state index in [0.717, 1.165) is 27.0 Å². The topological polar surface area (TPSA) is 62.2 Å². The fourth-order valence-electron chi connectivity index (χ4n) is 2.18. The van der Waals surface area contributed by atoms with Crippen LogP contribution in [0.4, 0.5) is 5.69 Å². The van der Waals surface area contributed by atoms with E-state index in [-0.39, 0.29) is 0 Å². The molecule has 3 aromatic rings. The van der Waals surface area contributed by atoms with Crippen LogP contribution in [0.15, 0.2) is 59.6 Å². The minimum absolute atomic E-state index is 0.292. The van der Waals surface area contributed by atoms with Crippen molar-refractivity contribution in [3.8, 4) is 0 Å². The van der Waals surface area contributed by atoms with Crippen LogP contribution in [0.3, 0.4) is 0 Å². The van der Waals surface area contributed by atoms with Gasteiger partial charge in [0, 0.05) is 17.3 Å². The average molecular weight is 310 g/mol. The minimum atomic E-state index is -0.916. The lowest BCUT2D eigenvalue weighted by Gasteiger charge is -2.10. The molecule has 2 N–H and O–H groups in total. The molecule has 1 heterocycles. The highest BCUT2D eigenvalue weighted by molar-refractivity contribution is 8.00. The van der Waals surface area contributed by atoms with Crippen LogP contribution < -0.4 is 4.72 Å². The first-order valence-corrected chi connectivity index (χ1v) is 7.57. The number of nitrogens with zero attached hydrogens (tertiary/aromatic N) is 1. The molecule has 2 aromatic carbocycles. The summed E-state index contributed by atoms with van der Waals surface area (Å²) in [5.74, 6) is -0.916. The number of hydrogen-bond acceptors (Lipinski definition) is 4. The number of aromatic carboxylic acids is 1. The van der Waals surface area contributed by atoms with E-state index in [0.29, 0.717) is 5.56 Å². The fraction of sp³-hybridized carbons (Fsp3) is 0.0588. The van der Waals surface area contributed by atoms with E-state index >= 15 is 0 Å². The number of nitrogens with one attached hydrogen (secondary N) is 1. The summed E-state index contributed by atoms with van der Waals surface area (Å²) < 4.78 is 3.27. The Hall–Kier alpha value is -2.53. The van der Waals surface area contributed by atoms with Crippen molar-refractivity contribution in [1.29, 1.82) is 0 Å². The number of aryl methyl sites for hydroxylation is 1. The summed E-state index contributed by atoms with van der Waals surface area (Å²) in [6, 6.07) is 15.0. The van der Waals surface area contributed by atoms with Crippen molar-refractivity contribution in [3.05, 3.63) is 65.9 Å². The second-order valence-corrected chi connectivity index (χ2v) is 5.72. The highest BCUT2D eigenvalue weighted by atomic mass is 32.2. The van der Waals surface area contributed by atoms with Gasteiger partial charge in [-0.15, -0.1) is 0 Å². The molecular formula is C17H14N2O2S. The summed E-state index contributed by atoms with van der Waals surface area (Å²) in [6.45, 7) is 1.89. The number of benzene rings is 2. The molecule has 0 aliphatic carbocycles. The molecule has 0 bridgehead atoms. The maximum absolute atomic E-state index is 11.0. The molecule has 5 heteroatoms. The van der Waals surface area contributed by atoms with Crippen LogP contribution in [-0.4, -0.2) is 16.1 Å². The van der Waals surface area contributed by atoms with E-state index in [2.05, 4.69) is 9.71 Å². The van der Waals surface area contributed by atoms with Gasteiger partial charge < -0.3 is 9.83 Å². The number of carboxylic acids is 1. The van der Waals surface area contributed by atoms with E-state index in [1.165, 1.54) is 11.9 Å². The van der Waals surface area contributed by atoms with Gasteiger partial charge in [0.15, 0.2) is 0 Å². The minimum Gasteiger partial charge on any atom is -0.478 e. The van der Waals surface area contributed by atoms with Crippen LogP contribution in [0.2, 0.25) is 0 Å². The van der Waals surface area contributed by atoms with Crippen LogP contribution in [0.25, 0.3) is 10.9 Å². The van der Waals surface area contributed by atoms with Crippen LogP contribution >= 0.6 is 11.9 Å². The lowest BCUT2D eigenvalue weighted by atomic mass is 10.1. The number of carbonyl (C=O) groups is 1. The van der Waals surface area contributed by atoms with Gasteiger partial charge in [-0.05, 0) is 54.8 Å². The second kappa shape index (κ2) is 6.07. The Morgan fingerprint density at radius 1 is 1.18 bits per heavy atom. The van der Waals surface area contributed by atoms with E-state index in [4.69, 9.17) is 5.11 Å². The van der Waals surface area contributed by atoms with Gasteiger partial charge in [-0.3, -0.25) is 4.98 Å². The zero-order valence-electron chi connectivity index (χ0n) is 11.9. The first kappa shape index (κ1) is 14.4. The maximum atomic E-state index is 11.0. The first-order valence-electron chi connectivity index (χ1n) is 6.76. The Bertz CT molecular complexity index is 844. The molecule has 0 aliphatic rings.